The predicted molar refractivity (Wildman–Crippen MR) is 269 cm³/mol. The van der Waals surface area contributed by atoms with Crippen LogP contribution in [0.5, 0.6) is 11.5 Å². The van der Waals surface area contributed by atoms with Gasteiger partial charge in [0.05, 0.1) is 23.2 Å². The molecule has 0 bridgehead atoms. The SMILES string of the molecule is Oc1c(C=NC2CCCCC2N=Cc2cc3ccccc3c(-c3c(-c4c(F)cccc4F)ccc4ccccc34)c2O)cc2ccccc2c1-c1c(-c2c(F)cccc2F)ccc2ccccc12. The maximum absolute atomic E-state index is 15.6. The zero-order valence-corrected chi connectivity index (χ0v) is 36.6. The average Bonchev–Trinajstić information content (AvgIpc) is 3.35. The van der Waals surface area contributed by atoms with Crippen LogP contribution in [0.4, 0.5) is 17.6 Å². The van der Waals surface area contributed by atoms with Crippen LogP contribution < -0.4 is 0 Å². The van der Waals surface area contributed by atoms with Gasteiger partial charge in [-0.15, -0.1) is 0 Å². The normalized spacial score (nSPS) is 15.4. The number of phenolic OH excluding ortho intramolecular Hbond substituents is 2. The van der Waals surface area contributed by atoms with Crippen molar-refractivity contribution in [3.05, 3.63) is 204 Å². The minimum atomic E-state index is -0.712. The van der Waals surface area contributed by atoms with Gasteiger partial charge in [0.2, 0.25) is 0 Å². The first-order valence-corrected chi connectivity index (χ1v) is 22.7. The Morgan fingerprint density at radius 2 is 0.706 bits per heavy atom. The van der Waals surface area contributed by atoms with Crippen molar-refractivity contribution in [2.75, 3.05) is 0 Å². The van der Waals surface area contributed by atoms with Crippen molar-refractivity contribution in [1.29, 1.82) is 0 Å². The van der Waals surface area contributed by atoms with E-state index in [1.54, 1.807) is 24.6 Å². The van der Waals surface area contributed by atoms with Crippen molar-refractivity contribution in [2.24, 2.45) is 9.98 Å². The van der Waals surface area contributed by atoms with Crippen LogP contribution in [0.2, 0.25) is 0 Å². The molecule has 1 fully saturated rings. The Bertz CT molecular complexity index is 3410. The summed E-state index contributed by atoms with van der Waals surface area (Å²) in [5.74, 6) is -3.00. The summed E-state index contributed by atoms with van der Waals surface area (Å²) in [6.07, 6.45) is 6.63. The van der Waals surface area contributed by atoms with Gasteiger partial charge in [0.1, 0.15) is 34.8 Å². The monoisotopic (exact) mass is 898 g/mol. The molecule has 1 aliphatic rings. The highest BCUT2D eigenvalue weighted by molar-refractivity contribution is 6.16. The van der Waals surface area contributed by atoms with Crippen LogP contribution in [0.15, 0.2) is 180 Å². The zero-order chi connectivity index (χ0) is 46.5. The van der Waals surface area contributed by atoms with Crippen molar-refractivity contribution in [1.82, 2.24) is 0 Å². The molecule has 4 nitrogen and oxygen atoms in total. The first-order chi connectivity index (χ1) is 33.2. The molecule has 11 rings (SSSR count). The number of nitrogens with zero attached hydrogens (tertiary/aromatic N) is 2. The molecule has 2 unspecified atom stereocenters. The van der Waals surface area contributed by atoms with Crippen LogP contribution in [0.1, 0.15) is 36.8 Å². The van der Waals surface area contributed by atoms with E-state index in [1.807, 2.05) is 121 Å². The molecule has 10 aromatic rings. The lowest BCUT2D eigenvalue weighted by Crippen LogP contribution is -2.27. The maximum Gasteiger partial charge on any atom is 0.133 e. The summed E-state index contributed by atoms with van der Waals surface area (Å²) in [5.41, 5.74) is 3.01. The fraction of sp³-hybridized carbons (Fsp3) is 0.100. The Morgan fingerprint density at radius 3 is 1.09 bits per heavy atom. The van der Waals surface area contributed by atoms with E-state index in [2.05, 4.69) is 0 Å². The molecule has 1 saturated carbocycles. The molecule has 0 radical (unpaired) electrons. The third-order valence-electron chi connectivity index (χ3n) is 13.4. The fourth-order valence-electron chi connectivity index (χ4n) is 10.2. The molecule has 0 aromatic heterocycles. The molecular weight excluding hydrogens is 857 g/mol. The van der Waals surface area contributed by atoms with Crippen molar-refractivity contribution >= 4 is 55.5 Å². The first kappa shape index (κ1) is 42.5. The van der Waals surface area contributed by atoms with Gasteiger partial charge in [-0.25, -0.2) is 17.6 Å². The lowest BCUT2D eigenvalue weighted by molar-refractivity contribution is 0.390. The number of phenols is 2. The smallest absolute Gasteiger partial charge is 0.133 e. The van der Waals surface area contributed by atoms with Gasteiger partial charge in [-0.3, -0.25) is 9.98 Å². The minimum absolute atomic E-state index is 0.0747. The Kier molecular flexibility index (Phi) is 11.0. The van der Waals surface area contributed by atoms with E-state index < -0.39 is 23.3 Å². The maximum atomic E-state index is 15.6. The molecule has 0 spiro atoms. The summed E-state index contributed by atoms with van der Waals surface area (Å²) in [5, 5.41) is 31.0. The van der Waals surface area contributed by atoms with E-state index >= 15 is 17.6 Å². The van der Waals surface area contributed by atoms with Crippen molar-refractivity contribution < 1.29 is 27.8 Å². The topological polar surface area (TPSA) is 65.2 Å². The number of rotatable bonds is 8. The van der Waals surface area contributed by atoms with Crippen molar-refractivity contribution in [3.8, 4) is 56.0 Å². The van der Waals surface area contributed by atoms with Gasteiger partial charge in [-0.1, -0.05) is 146 Å². The van der Waals surface area contributed by atoms with E-state index in [0.29, 0.717) is 55.3 Å². The van der Waals surface area contributed by atoms with Gasteiger partial charge in [0.25, 0.3) is 0 Å². The molecule has 0 heterocycles. The van der Waals surface area contributed by atoms with E-state index in [1.165, 1.54) is 36.4 Å². The zero-order valence-electron chi connectivity index (χ0n) is 36.6. The van der Waals surface area contributed by atoms with E-state index in [0.717, 1.165) is 58.0 Å². The summed E-state index contributed by atoms with van der Waals surface area (Å²) in [6, 6.07) is 48.3. The Hall–Kier alpha value is -8.10. The largest absolute Gasteiger partial charge is 0.507 e. The number of benzene rings is 10. The lowest BCUT2D eigenvalue weighted by atomic mass is 9.85. The molecule has 0 saturated heterocycles. The fourth-order valence-corrected chi connectivity index (χ4v) is 10.2. The number of fused-ring (bicyclic) bond motifs is 4. The molecule has 2 atom stereocenters. The predicted octanol–water partition coefficient (Wildman–Crippen LogP) is 15.8. The highest BCUT2D eigenvalue weighted by atomic mass is 19.1. The molecule has 2 N–H and O–H groups in total. The number of halogens is 4. The summed E-state index contributed by atoms with van der Waals surface area (Å²) < 4.78 is 62.6. The molecule has 332 valence electrons. The summed E-state index contributed by atoms with van der Waals surface area (Å²) in [6.45, 7) is 0. The van der Waals surface area contributed by atoms with E-state index in [-0.39, 0.29) is 34.7 Å². The molecular formula is C60H42F4N2O2. The number of aromatic hydroxyl groups is 2. The van der Waals surface area contributed by atoms with Gasteiger partial charge in [0.15, 0.2) is 0 Å². The number of hydrogen-bond acceptors (Lipinski definition) is 4. The molecule has 68 heavy (non-hydrogen) atoms. The first-order valence-electron chi connectivity index (χ1n) is 22.7. The van der Waals surface area contributed by atoms with Crippen LogP contribution in [-0.4, -0.2) is 34.7 Å². The molecule has 8 heteroatoms. The second-order valence-electron chi connectivity index (χ2n) is 17.4. The third-order valence-corrected chi connectivity index (χ3v) is 13.4. The van der Waals surface area contributed by atoms with Crippen molar-refractivity contribution in [3.63, 3.8) is 0 Å². The van der Waals surface area contributed by atoms with E-state index in [9.17, 15) is 10.2 Å². The third kappa shape index (κ3) is 7.42. The Morgan fingerprint density at radius 1 is 0.368 bits per heavy atom. The second kappa shape index (κ2) is 17.6. The van der Waals surface area contributed by atoms with Gasteiger partial charge in [-0.2, -0.15) is 0 Å². The van der Waals surface area contributed by atoms with Gasteiger partial charge >= 0.3 is 0 Å². The summed E-state index contributed by atoms with van der Waals surface area (Å²) in [7, 11) is 0. The lowest BCUT2D eigenvalue weighted by Gasteiger charge is -2.26. The molecule has 10 aromatic carbocycles. The highest BCUT2D eigenvalue weighted by Gasteiger charge is 2.27. The number of hydrogen-bond donors (Lipinski definition) is 2. The van der Waals surface area contributed by atoms with Crippen LogP contribution in [0.3, 0.4) is 0 Å². The molecule has 1 aliphatic carbocycles. The van der Waals surface area contributed by atoms with Gasteiger partial charge in [-0.05, 0) is 103 Å². The quantitative estimate of drug-likeness (QED) is 0.118. The Balaban J connectivity index is 1.02. The van der Waals surface area contributed by atoms with Crippen LogP contribution in [-0.2, 0) is 0 Å². The number of aliphatic imine (C=N–C) groups is 2. The van der Waals surface area contributed by atoms with Crippen molar-refractivity contribution in [2.45, 2.75) is 37.8 Å². The van der Waals surface area contributed by atoms with Gasteiger partial charge < -0.3 is 10.2 Å². The van der Waals surface area contributed by atoms with Gasteiger partial charge in [0, 0.05) is 45.8 Å². The summed E-state index contributed by atoms with van der Waals surface area (Å²) >= 11 is 0. The molecule has 0 aliphatic heterocycles. The standard InChI is InChI=1S/C60H42F4N2O2/c61-47-21-11-22-48(62)55(47)45-29-27-35-13-1-5-17-41(35)53(45)57-43-19-7-3-15-37(43)31-39(59(57)67)33-65-51-25-9-10-26-52(51)66-34-40-32-38-16-4-8-20-44(38)58(60(40)68)54-42-18-6-2-14-36(42)28-30-46(54)56-49(63)23-12-24-50(56)64/h1-8,11-24,27-34,51-52,67-68H,9-10,25-26H2. The van der Waals surface area contributed by atoms with Crippen LogP contribution >= 0.6 is 0 Å². The Labute approximate surface area is 389 Å². The highest BCUT2D eigenvalue weighted by Crippen LogP contribution is 2.49. The minimum Gasteiger partial charge on any atom is -0.507 e. The van der Waals surface area contributed by atoms with Crippen LogP contribution in [0, 0.1) is 23.3 Å². The van der Waals surface area contributed by atoms with E-state index in [4.69, 9.17) is 9.98 Å². The summed E-state index contributed by atoms with van der Waals surface area (Å²) in [4.78, 5) is 10.2. The van der Waals surface area contributed by atoms with Crippen LogP contribution in [0.25, 0.3) is 87.6 Å². The second-order valence-corrected chi connectivity index (χ2v) is 17.4. The molecule has 0 amide bonds. The average molecular weight is 899 g/mol.